The number of nitrogens with zero attached hydrogens (tertiary/aromatic N) is 1. The molecule has 1 fully saturated rings. The summed E-state index contributed by atoms with van der Waals surface area (Å²) in [4.78, 5) is 14.6. The molecule has 2 aliphatic rings. The first-order valence-electron chi connectivity index (χ1n) is 8.46. The summed E-state index contributed by atoms with van der Waals surface area (Å²) in [7, 11) is 0. The van der Waals surface area contributed by atoms with E-state index in [1.54, 1.807) is 0 Å². The van der Waals surface area contributed by atoms with Crippen molar-refractivity contribution < 1.29 is 9.21 Å². The van der Waals surface area contributed by atoms with E-state index in [9.17, 15) is 4.79 Å². The third-order valence-corrected chi connectivity index (χ3v) is 4.72. The molecule has 0 bridgehead atoms. The van der Waals surface area contributed by atoms with Crippen molar-refractivity contribution in [2.24, 2.45) is 5.92 Å². The van der Waals surface area contributed by atoms with Crippen LogP contribution in [-0.2, 0) is 4.79 Å². The zero-order valence-electron chi connectivity index (χ0n) is 13.4. The minimum absolute atomic E-state index is 0.157. The number of furan rings is 1. The van der Waals surface area contributed by atoms with Crippen LogP contribution in [0.15, 0.2) is 28.7 Å². The minimum Gasteiger partial charge on any atom is -0.465 e. The normalized spacial score (nSPS) is 23.0. The second-order valence-electron chi connectivity index (χ2n) is 6.48. The first kappa shape index (κ1) is 15.3. The van der Waals surface area contributed by atoms with Gasteiger partial charge < -0.3 is 9.73 Å². The van der Waals surface area contributed by atoms with Crippen LogP contribution >= 0.6 is 0 Å². The van der Waals surface area contributed by atoms with Gasteiger partial charge in [0.1, 0.15) is 11.5 Å². The summed E-state index contributed by atoms with van der Waals surface area (Å²) in [5.74, 6) is 2.49. The molecule has 1 aliphatic carbocycles. The van der Waals surface area contributed by atoms with Gasteiger partial charge in [-0.3, -0.25) is 9.69 Å². The molecule has 0 unspecified atom stereocenters. The molecule has 3 rings (SSSR count). The number of hydrogen-bond donors (Lipinski definition) is 1. The highest BCUT2D eigenvalue weighted by Gasteiger charge is 2.26. The monoisotopic (exact) mass is 302 g/mol. The van der Waals surface area contributed by atoms with E-state index >= 15 is 0 Å². The minimum atomic E-state index is 0.157. The van der Waals surface area contributed by atoms with Crippen molar-refractivity contribution in [3.63, 3.8) is 0 Å². The SMILES string of the molecule is Cc1ccc([C@@H](CNC(=O)C[C@@H]2C=CCC2)N2CCCC2)o1. The number of aryl methyl sites for hydroxylation is 1. The Morgan fingerprint density at radius 1 is 1.41 bits per heavy atom. The van der Waals surface area contributed by atoms with E-state index in [1.165, 1.54) is 12.8 Å². The molecular formula is C18H26N2O2. The van der Waals surface area contributed by atoms with Gasteiger partial charge >= 0.3 is 0 Å². The average molecular weight is 302 g/mol. The van der Waals surface area contributed by atoms with Crippen LogP contribution in [-0.4, -0.2) is 30.4 Å². The van der Waals surface area contributed by atoms with E-state index in [1.807, 2.05) is 19.1 Å². The molecule has 2 heterocycles. The summed E-state index contributed by atoms with van der Waals surface area (Å²) in [5.41, 5.74) is 0. The third-order valence-electron chi connectivity index (χ3n) is 4.72. The van der Waals surface area contributed by atoms with Gasteiger partial charge in [-0.25, -0.2) is 0 Å². The van der Waals surface area contributed by atoms with E-state index in [0.29, 0.717) is 18.9 Å². The Kier molecular flexibility index (Phi) is 4.98. The summed E-state index contributed by atoms with van der Waals surface area (Å²) >= 11 is 0. The molecule has 1 aromatic heterocycles. The molecule has 22 heavy (non-hydrogen) atoms. The lowest BCUT2D eigenvalue weighted by Gasteiger charge is -2.26. The van der Waals surface area contributed by atoms with Crippen molar-refractivity contribution >= 4 is 5.91 Å². The first-order valence-corrected chi connectivity index (χ1v) is 8.46. The van der Waals surface area contributed by atoms with Gasteiger partial charge in [0.25, 0.3) is 0 Å². The molecule has 0 aromatic carbocycles. The van der Waals surface area contributed by atoms with Gasteiger partial charge in [0, 0.05) is 13.0 Å². The maximum atomic E-state index is 12.2. The topological polar surface area (TPSA) is 45.5 Å². The highest BCUT2D eigenvalue weighted by atomic mass is 16.3. The summed E-state index contributed by atoms with van der Waals surface area (Å²) in [6, 6.07) is 4.22. The lowest BCUT2D eigenvalue weighted by atomic mass is 10.0. The molecule has 0 radical (unpaired) electrons. The molecule has 1 amide bonds. The largest absolute Gasteiger partial charge is 0.465 e. The standard InChI is InChI=1S/C18H26N2O2/c1-14-8-9-17(22-14)16(20-10-4-5-11-20)13-19-18(21)12-15-6-2-3-7-15/h2,6,8-9,15-16H,3-5,7,10-13H2,1H3,(H,19,21)/t15-,16-/m1/s1. The quantitative estimate of drug-likeness (QED) is 0.821. The molecule has 1 aliphatic heterocycles. The van der Waals surface area contributed by atoms with Crippen molar-refractivity contribution in [2.45, 2.75) is 45.1 Å². The second kappa shape index (κ2) is 7.14. The van der Waals surface area contributed by atoms with Crippen LogP contribution in [0.25, 0.3) is 0 Å². The predicted octanol–water partition coefficient (Wildman–Crippen LogP) is 3.20. The highest BCUT2D eigenvalue weighted by Crippen LogP contribution is 2.26. The van der Waals surface area contributed by atoms with Crippen LogP contribution < -0.4 is 5.32 Å². The van der Waals surface area contributed by atoms with Gasteiger partial charge in [-0.05, 0) is 63.7 Å². The second-order valence-corrected chi connectivity index (χ2v) is 6.48. The van der Waals surface area contributed by atoms with Crippen LogP contribution in [0.4, 0.5) is 0 Å². The zero-order valence-corrected chi connectivity index (χ0v) is 13.4. The van der Waals surface area contributed by atoms with Crippen LogP contribution in [0.3, 0.4) is 0 Å². The number of amides is 1. The molecular weight excluding hydrogens is 276 g/mol. The molecule has 4 heteroatoms. The molecule has 4 nitrogen and oxygen atoms in total. The van der Waals surface area contributed by atoms with E-state index in [4.69, 9.17) is 4.42 Å². The Morgan fingerprint density at radius 2 is 2.23 bits per heavy atom. The number of allylic oxidation sites excluding steroid dienone is 2. The maximum absolute atomic E-state index is 12.2. The fraction of sp³-hybridized carbons (Fsp3) is 0.611. The van der Waals surface area contributed by atoms with Gasteiger partial charge in [-0.2, -0.15) is 0 Å². The fourth-order valence-corrected chi connectivity index (χ4v) is 3.48. The molecule has 1 saturated heterocycles. The molecule has 1 aromatic rings. The summed E-state index contributed by atoms with van der Waals surface area (Å²) in [6.07, 6.45) is 9.65. The first-order chi connectivity index (χ1) is 10.7. The zero-order chi connectivity index (χ0) is 15.4. The lowest BCUT2D eigenvalue weighted by Crippen LogP contribution is -2.37. The number of rotatable bonds is 6. The number of likely N-dealkylation sites (tertiary alicyclic amines) is 1. The van der Waals surface area contributed by atoms with Crippen LogP contribution in [0.5, 0.6) is 0 Å². The predicted molar refractivity (Wildman–Crippen MR) is 86.5 cm³/mol. The Hall–Kier alpha value is -1.55. The number of carbonyl (C=O) groups excluding carboxylic acids is 1. The van der Waals surface area contributed by atoms with Gasteiger partial charge in [0.15, 0.2) is 0 Å². The molecule has 2 atom stereocenters. The maximum Gasteiger partial charge on any atom is 0.220 e. The average Bonchev–Trinajstić information content (AvgIpc) is 3.22. The third kappa shape index (κ3) is 3.80. The molecule has 0 saturated carbocycles. The van der Waals surface area contributed by atoms with Crippen molar-refractivity contribution in [1.29, 1.82) is 0 Å². The van der Waals surface area contributed by atoms with E-state index in [0.717, 1.165) is 37.5 Å². The van der Waals surface area contributed by atoms with Gasteiger partial charge in [-0.15, -0.1) is 0 Å². The Balaban J connectivity index is 1.57. The van der Waals surface area contributed by atoms with Gasteiger partial charge in [0.05, 0.1) is 6.04 Å². The van der Waals surface area contributed by atoms with Crippen LogP contribution in [0.2, 0.25) is 0 Å². The smallest absolute Gasteiger partial charge is 0.220 e. The van der Waals surface area contributed by atoms with Crippen molar-refractivity contribution in [3.05, 3.63) is 35.8 Å². The Bertz CT molecular complexity index is 529. The van der Waals surface area contributed by atoms with E-state index in [2.05, 4.69) is 22.4 Å². The molecule has 0 spiro atoms. The van der Waals surface area contributed by atoms with Gasteiger partial charge in [0.2, 0.25) is 5.91 Å². The number of hydrogen-bond acceptors (Lipinski definition) is 3. The Morgan fingerprint density at radius 3 is 2.86 bits per heavy atom. The Labute approximate surface area is 132 Å². The molecule has 1 N–H and O–H groups in total. The fourth-order valence-electron chi connectivity index (χ4n) is 3.48. The summed E-state index contributed by atoms with van der Waals surface area (Å²) in [6.45, 7) is 4.79. The van der Waals surface area contributed by atoms with Crippen LogP contribution in [0, 0.1) is 12.8 Å². The molecule has 120 valence electrons. The van der Waals surface area contributed by atoms with Crippen LogP contribution in [0.1, 0.15) is 49.7 Å². The summed E-state index contributed by atoms with van der Waals surface area (Å²) in [5, 5.41) is 3.12. The van der Waals surface area contributed by atoms with Crippen molar-refractivity contribution in [3.8, 4) is 0 Å². The number of nitrogens with one attached hydrogen (secondary N) is 1. The lowest BCUT2D eigenvalue weighted by molar-refractivity contribution is -0.122. The van der Waals surface area contributed by atoms with Crippen molar-refractivity contribution in [2.75, 3.05) is 19.6 Å². The van der Waals surface area contributed by atoms with E-state index in [-0.39, 0.29) is 11.9 Å². The summed E-state index contributed by atoms with van der Waals surface area (Å²) < 4.78 is 5.82. The number of carbonyl (C=O) groups is 1. The van der Waals surface area contributed by atoms with Gasteiger partial charge in [-0.1, -0.05) is 12.2 Å². The highest BCUT2D eigenvalue weighted by molar-refractivity contribution is 5.76. The van der Waals surface area contributed by atoms with Crippen molar-refractivity contribution in [1.82, 2.24) is 10.2 Å². The van der Waals surface area contributed by atoms with E-state index < -0.39 is 0 Å².